The van der Waals surface area contributed by atoms with Crippen LogP contribution in [0, 0.1) is 5.92 Å². The zero-order valence-corrected chi connectivity index (χ0v) is 11.2. The van der Waals surface area contributed by atoms with Crippen molar-refractivity contribution in [2.24, 2.45) is 5.92 Å². The maximum atomic E-state index is 11.9. The van der Waals surface area contributed by atoms with Crippen molar-refractivity contribution in [3.63, 3.8) is 0 Å². The Morgan fingerprint density at radius 1 is 1.26 bits per heavy atom. The van der Waals surface area contributed by atoms with Gasteiger partial charge in [0.05, 0.1) is 0 Å². The van der Waals surface area contributed by atoms with E-state index >= 15 is 0 Å². The number of fused-ring (bicyclic) bond motifs is 1. The highest BCUT2D eigenvalue weighted by Crippen LogP contribution is 2.27. The summed E-state index contributed by atoms with van der Waals surface area (Å²) in [6.07, 6.45) is 3.67. The molecule has 19 heavy (non-hydrogen) atoms. The van der Waals surface area contributed by atoms with Crippen molar-refractivity contribution >= 4 is 11.6 Å². The number of nitrogens with zero attached hydrogens (tertiary/aromatic N) is 2. The van der Waals surface area contributed by atoms with E-state index in [4.69, 9.17) is 0 Å². The van der Waals surface area contributed by atoms with Gasteiger partial charge >= 0.3 is 0 Å². The summed E-state index contributed by atoms with van der Waals surface area (Å²) in [6, 6.07) is 8.57. The van der Waals surface area contributed by atoms with Crippen molar-refractivity contribution in [1.29, 1.82) is 0 Å². The van der Waals surface area contributed by atoms with Gasteiger partial charge in [-0.25, -0.2) is 0 Å². The largest absolute Gasteiger partial charge is 0.369 e. The molecule has 0 N–H and O–H groups in total. The predicted octanol–water partition coefficient (Wildman–Crippen LogP) is 2.08. The number of hydrogen-bond acceptors (Lipinski definition) is 2. The lowest BCUT2D eigenvalue weighted by Crippen LogP contribution is -2.35. The fourth-order valence-electron chi connectivity index (χ4n) is 3.06. The van der Waals surface area contributed by atoms with E-state index in [0.29, 0.717) is 12.3 Å². The highest BCUT2D eigenvalue weighted by Gasteiger charge is 2.28. The topological polar surface area (TPSA) is 23.6 Å². The van der Waals surface area contributed by atoms with Crippen molar-refractivity contribution in [3.8, 4) is 0 Å². The molecule has 2 heterocycles. The Labute approximate surface area is 114 Å². The number of benzene rings is 1. The fourth-order valence-corrected chi connectivity index (χ4v) is 3.06. The molecule has 1 saturated heterocycles. The summed E-state index contributed by atoms with van der Waals surface area (Å²) in [4.78, 5) is 16.2. The first kappa shape index (κ1) is 12.3. The molecule has 0 aromatic heterocycles. The molecular formula is C16H20N2O. The van der Waals surface area contributed by atoms with Crippen LogP contribution < -0.4 is 4.90 Å². The summed E-state index contributed by atoms with van der Waals surface area (Å²) >= 11 is 0. The molecule has 2 aliphatic heterocycles. The van der Waals surface area contributed by atoms with Crippen molar-refractivity contribution < 1.29 is 4.79 Å². The normalized spacial score (nSPS) is 21.9. The average Bonchev–Trinajstić information content (AvgIpc) is 3.00. The summed E-state index contributed by atoms with van der Waals surface area (Å²) in [5.74, 6) is 0.621. The van der Waals surface area contributed by atoms with E-state index in [0.717, 1.165) is 32.6 Å². The first-order valence-electron chi connectivity index (χ1n) is 7.01. The molecule has 1 amide bonds. The van der Waals surface area contributed by atoms with Gasteiger partial charge in [-0.15, -0.1) is 6.58 Å². The first-order valence-corrected chi connectivity index (χ1v) is 7.01. The lowest BCUT2D eigenvalue weighted by Gasteiger charge is -2.23. The Hall–Kier alpha value is -1.77. The number of carbonyl (C=O) groups is 1. The van der Waals surface area contributed by atoms with E-state index in [1.165, 1.54) is 11.3 Å². The van der Waals surface area contributed by atoms with Gasteiger partial charge in [0.25, 0.3) is 0 Å². The van der Waals surface area contributed by atoms with Gasteiger partial charge in [0, 0.05) is 44.2 Å². The second-order valence-corrected chi connectivity index (χ2v) is 5.41. The van der Waals surface area contributed by atoms with E-state index in [2.05, 4.69) is 35.7 Å². The van der Waals surface area contributed by atoms with Gasteiger partial charge in [0.2, 0.25) is 5.91 Å². The van der Waals surface area contributed by atoms with Gasteiger partial charge in [-0.3, -0.25) is 4.79 Å². The van der Waals surface area contributed by atoms with Crippen LogP contribution in [0.5, 0.6) is 0 Å². The van der Waals surface area contributed by atoms with Gasteiger partial charge in [-0.1, -0.05) is 24.3 Å². The first-order chi connectivity index (χ1) is 9.28. The molecule has 2 aliphatic rings. The molecule has 0 spiro atoms. The maximum Gasteiger partial charge on any atom is 0.223 e. The van der Waals surface area contributed by atoms with Crippen LogP contribution in [0.1, 0.15) is 12.0 Å². The second-order valence-electron chi connectivity index (χ2n) is 5.41. The van der Waals surface area contributed by atoms with Gasteiger partial charge in [-0.2, -0.15) is 0 Å². The summed E-state index contributed by atoms with van der Waals surface area (Å²) < 4.78 is 0. The van der Waals surface area contributed by atoms with Crippen LogP contribution in [0.15, 0.2) is 36.9 Å². The minimum Gasteiger partial charge on any atom is -0.369 e. The smallest absolute Gasteiger partial charge is 0.223 e. The lowest BCUT2D eigenvalue weighted by molar-refractivity contribution is -0.127. The van der Waals surface area contributed by atoms with E-state index in [9.17, 15) is 4.79 Å². The molecule has 1 aromatic carbocycles. The number of amides is 1. The lowest BCUT2D eigenvalue weighted by atomic mass is 10.1. The van der Waals surface area contributed by atoms with E-state index in [-0.39, 0.29) is 5.91 Å². The summed E-state index contributed by atoms with van der Waals surface area (Å²) in [6.45, 7) is 7.48. The minimum absolute atomic E-state index is 0.275. The third-order valence-corrected chi connectivity index (χ3v) is 4.20. The van der Waals surface area contributed by atoms with Crippen LogP contribution >= 0.6 is 0 Å². The van der Waals surface area contributed by atoms with Crippen LogP contribution in [0.4, 0.5) is 5.69 Å². The number of carbonyl (C=O) groups excluding carboxylic acids is 1. The summed E-state index contributed by atoms with van der Waals surface area (Å²) in [5, 5.41) is 0. The monoisotopic (exact) mass is 256 g/mol. The molecule has 1 fully saturated rings. The van der Waals surface area contributed by atoms with Crippen LogP contribution in [0.25, 0.3) is 0 Å². The van der Waals surface area contributed by atoms with Gasteiger partial charge in [0.15, 0.2) is 0 Å². The molecule has 3 rings (SSSR count). The molecule has 0 bridgehead atoms. The van der Waals surface area contributed by atoms with Crippen LogP contribution in [-0.2, 0) is 11.2 Å². The molecule has 0 saturated carbocycles. The Bertz CT molecular complexity index is 497. The minimum atomic E-state index is 0.275. The molecular weight excluding hydrogens is 236 g/mol. The molecule has 3 nitrogen and oxygen atoms in total. The Kier molecular flexibility index (Phi) is 3.28. The third-order valence-electron chi connectivity index (χ3n) is 4.20. The standard InChI is InChI=1S/C16H20N2O/c1-2-13-11-16(19)18(12-13)10-9-17-8-7-14-5-3-4-6-15(14)17/h2-6,13H,1,7-12H2. The predicted molar refractivity (Wildman–Crippen MR) is 77.2 cm³/mol. The summed E-state index contributed by atoms with van der Waals surface area (Å²) in [7, 11) is 0. The van der Waals surface area contributed by atoms with Crippen LogP contribution in [0.2, 0.25) is 0 Å². The van der Waals surface area contributed by atoms with Crippen LogP contribution in [0.3, 0.4) is 0 Å². The van der Waals surface area contributed by atoms with Crippen molar-refractivity contribution in [3.05, 3.63) is 42.5 Å². The molecule has 3 heteroatoms. The van der Waals surface area contributed by atoms with E-state index in [1.54, 1.807) is 0 Å². The Morgan fingerprint density at radius 3 is 2.84 bits per heavy atom. The van der Waals surface area contributed by atoms with E-state index in [1.807, 2.05) is 11.0 Å². The number of para-hydroxylation sites is 1. The SMILES string of the molecule is C=CC1CC(=O)N(CCN2CCc3ccccc32)C1. The maximum absolute atomic E-state index is 11.9. The third kappa shape index (κ3) is 2.37. The summed E-state index contributed by atoms with van der Waals surface area (Å²) in [5.41, 5.74) is 2.77. The molecule has 1 unspecified atom stereocenters. The Morgan fingerprint density at radius 2 is 2.05 bits per heavy atom. The zero-order chi connectivity index (χ0) is 13.2. The number of anilines is 1. The Balaban J connectivity index is 1.59. The highest BCUT2D eigenvalue weighted by atomic mass is 16.2. The molecule has 1 aromatic rings. The molecule has 100 valence electrons. The molecule has 1 atom stereocenters. The quantitative estimate of drug-likeness (QED) is 0.770. The van der Waals surface area contributed by atoms with Crippen molar-refractivity contribution in [2.45, 2.75) is 12.8 Å². The van der Waals surface area contributed by atoms with Crippen molar-refractivity contribution in [2.75, 3.05) is 31.1 Å². The molecule has 0 radical (unpaired) electrons. The average molecular weight is 256 g/mol. The van der Waals surface area contributed by atoms with Crippen molar-refractivity contribution in [1.82, 2.24) is 4.90 Å². The number of rotatable bonds is 4. The fraction of sp³-hybridized carbons (Fsp3) is 0.438. The highest BCUT2D eigenvalue weighted by molar-refractivity contribution is 5.79. The van der Waals surface area contributed by atoms with Gasteiger partial charge < -0.3 is 9.80 Å². The number of hydrogen-bond donors (Lipinski definition) is 0. The second kappa shape index (κ2) is 5.08. The zero-order valence-electron chi connectivity index (χ0n) is 11.2. The number of likely N-dealkylation sites (tertiary alicyclic amines) is 1. The van der Waals surface area contributed by atoms with E-state index < -0.39 is 0 Å². The van der Waals surface area contributed by atoms with Gasteiger partial charge in [0.1, 0.15) is 0 Å². The van der Waals surface area contributed by atoms with Crippen LogP contribution in [-0.4, -0.2) is 37.0 Å². The molecule has 0 aliphatic carbocycles. The van der Waals surface area contributed by atoms with Gasteiger partial charge in [-0.05, 0) is 18.1 Å².